The average molecular weight is 292 g/mol. The summed E-state index contributed by atoms with van der Waals surface area (Å²) in [6.07, 6.45) is 3.69. The van der Waals surface area contributed by atoms with E-state index in [1.54, 1.807) is 0 Å². The molecule has 2 N–H and O–H groups in total. The summed E-state index contributed by atoms with van der Waals surface area (Å²) in [7, 11) is 0. The Kier molecular flexibility index (Phi) is 4.46. The molecule has 1 saturated carbocycles. The van der Waals surface area contributed by atoms with Crippen molar-refractivity contribution in [3.05, 3.63) is 0 Å². The lowest BCUT2D eigenvalue weighted by Crippen LogP contribution is -2.54. The Morgan fingerprint density at radius 1 is 1.52 bits per heavy atom. The van der Waals surface area contributed by atoms with Crippen molar-refractivity contribution in [2.24, 2.45) is 5.92 Å². The fourth-order valence-electron chi connectivity index (χ4n) is 3.10. The monoisotopic (exact) mass is 292 g/mol. The van der Waals surface area contributed by atoms with E-state index in [9.17, 15) is 14.4 Å². The van der Waals surface area contributed by atoms with Crippen molar-refractivity contribution in [2.75, 3.05) is 13.1 Å². The van der Waals surface area contributed by atoms with E-state index in [0.717, 1.165) is 24.2 Å². The molecule has 0 bridgehead atoms. The predicted molar refractivity (Wildman–Crippen MR) is 73.8 cm³/mol. The van der Waals surface area contributed by atoms with Gasteiger partial charge < -0.3 is 10.6 Å². The third-order valence-electron chi connectivity index (χ3n) is 4.36. The summed E-state index contributed by atoms with van der Waals surface area (Å²) in [5, 5.41) is 13.7. The minimum atomic E-state index is -0.831. The molecule has 2 fully saturated rings. The van der Waals surface area contributed by atoms with Gasteiger partial charge in [0.05, 0.1) is 12.5 Å². The topological polar surface area (TPSA) is 102 Å². The predicted octanol–water partition coefficient (Wildman–Crippen LogP) is 0.517. The number of amides is 4. The molecule has 2 rings (SSSR count). The summed E-state index contributed by atoms with van der Waals surface area (Å²) < 4.78 is 0. The van der Waals surface area contributed by atoms with E-state index in [2.05, 4.69) is 10.6 Å². The Hall–Kier alpha value is -2.10. The van der Waals surface area contributed by atoms with Crippen molar-refractivity contribution in [1.82, 2.24) is 15.5 Å². The zero-order valence-electron chi connectivity index (χ0n) is 12.1. The van der Waals surface area contributed by atoms with Crippen LogP contribution in [0.4, 0.5) is 4.79 Å². The molecule has 1 spiro atoms. The zero-order valence-corrected chi connectivity index (χ0v) is 12.1. The Morgan fingerprint density at radius 2 is 2.29 bits per heavy atom. The van der Waals surface area contributed by atoms with Gasteiger partial charge in [-0.15, -0.1) is 0 Å². The number of hydrogen-bond donors (Lipinski definition) is 2. The van der Waals surface area contributed by atoms with Gasteiger partial charge in [-0.05, 0) is 18.8 Å². The summed E-state index contributed by atoms with van der Waals surface area (Å²) >= 11 is 0. The Balaban J connectivity index is 2.02. The van der Waals surface area contributed by atoms with E-state index in [1.807, 2.05) is 13.0 Å². The minimum absolute atomic E-state index is 0.0781. The smallest absolute Gasteiger partial charge is 0.325 e. The van der Waals surface area contributed by atoms with Crippen molar-refractivity contribution in [3.63, 3.8) is 0 Å². The van der Waals surface area contributed by atoms with Gasteiger partial charge >= 0.3 is 6.03 Å². The Morgan fingerprint density at radius 3 is 2.95 bits per heavy atom. The van der Waals surface area contributed by atoms with Gasteiger partial charge in [-0.25, -0.2) is 4.79 Å². The fourth-order valence-corrected chi connectivity index (χ4v) is 3.10. The molecule has 4 amide bonds. The third-order valence-corrected chi connectivity index (χ3v) is 4.36. The van der Waals surface area contributed by atoms with Gasteiger partial charge in [-0.2, -0.15) is 5.26 Å². The number of nitriles is 1. The highest BCUT2D eigenvalue weighted by atomic mass is 16.2. The SMILES string of the molecule is CC1CCCCC12NC(=O)N(CC(=O)NCCC#N)C2=O. The highest BCUT2D eigenvalue weighted by Gasteiger charge is 2.55. The van der Waals surface area contributed by atoms with Crippen LogP contribution in [0.25, 0.3) is 0 Å². The highest BCUT2D eigenvalue weighted by molar-refractivity contribution is 6.09. The largest absolute Gasteiger partial charge is 0.354 e. The van der Waals surface area contributed by atoms with E-state index >= 15 is 0 Å². The molecule has 2 unspecified atom stereocenters. The molecule has 1 heterocycles. The molecule has 0 aromatic carbocycles. The molecule has 0 radical (unpaired) electrons. The first kappa shape index (κ1) is 15.3. The molecule has 114 valence electrons. The van der Waals surface area contributed by atoms with Gasteiger partial charge in [0, 0.05) is 6.54 Å². The summed E-state index contributed by atoms with van der Waals surface area (Å²) in [5.74, 6) is -0.640. The normalized spacial score (nSPS) is 28.4. The molecule has 21 heavy (non-hydrogen) atoms. The van der Waals surface area contributed by atoms with Crippen LogP contribution in [0.15, 0.2) is 0 Å². The lowest BCUT2D eigenvalue weighted by atomic mass is 9.73. The maximum atomic E-state index is 12.6. The van der Waals surface area contributed by atoms with Crippen LogP contribution in [0, 0.1) is 17.2 Å². The second kappa shape index (κ2) is 6.12. The molecular weight excluding hydrogens is 272 g/mol. The molecular formula is C14H20N4O3. The number of nitrogens with zero attached hydrogens (tertiary/aromatic N) is 2. The number of rotatable bonds is 4. The number of carbonyl (C=O) groups is 3. The second-order valence-electron chi connectivity index (χ2n) is 5.70. The number of imide groups is 1. The molecule has 0 aromatic rings. The van der Waals surface area contributed by atoms with Crippen LogP contribution in [0.1, 0.15) is 39.0 Å². The van der Waals surface area contributed by atoms with Crippen molar-refractivity contribution >= 4 is 17.8 Å². The minimum Gasteiger partial charge on any atom is -0.354 e. The number of hydrogen-bond acceptors (Lipinski definition) is 4. The van der Waals surface area contributed by atoms with Gasteiger partial charge in [-0.3, -0.25) is 14.5 Å². The lowest BCUT2D eigenvalue weighted by molar-refractivity contribution is -0.137. The molecule has 7 nitrogen and oxygen atoms in total. The van der Waals surface area contributed by atoms with E-state index in [4.69, 9.17) is 5.26 Å². The van der Waals surface area contributed by atoms with E-state index in [0.29, 0.717) is 6.42 Å². The molecule has 0 aromatic heterocycles. The third kappa shape index (κ3) is 2.84. The average Bonchev–Trinajstić information content (AvgIpc) is 2.68. The van der Waals surface area contributed by atoms with Crippen LogP contribution in [-0.2, 0) is 9.59 Å². The first-order valence-corrected chi connectivity index (χ1v) is 7.29. The van der Waals surface area contributed by atoms with Crippen LogP contribution in [0.3, 0.4) is 0 Å². The van der Waals surface area contributed by atoms with Crippen LogP contribution < -0.4 is 10.6 Å². The lowest BCUT2D eigenvalue weighted by Gasteiger charge is -2.36. The van der Waals surface area contributed by atoms with Gasteiger partial charge in [-0.1, -0.05) is 19.8 Å². The molecule has 2 atom stereocenters. The number of nitrogens with one attached hydrogen (secondary N) is 2. The summed E-state index contributed by atoms with van der Waals surface area (Å²) in [6, 6.07) is 1.42. The summed E-state index contributed by atoms with van der Waals surface area (Å²) in [5.41, 5.74) is -0.831. The first-order valence-electron chi connectivity index (χ1n) is 7.29. The quantitative estimate of drug-likeness (QED) is 0.582. The van der Waals surface area contributed by atoms with Crippen LogP contribution in [-0.4, -0.2) is 41.4 Å². The maximum Gasteiger partial charge on any atom is 0.325 e. The van der Waals surface area contributed by atoms with Crippen molar-refractivity contribution in [2.45, 2.75) is 44.6 Å². The first-order chi connectivity index (χ1) is 10.0. The summed E-state index contributed by atoms with van der Waals surface area (Å²) in [4.78, 5) is 37.3. The van der Waals surface area contributed by atoms with Gasteiger partial charge in [0.1, 0.15) is 12.1 Å². The summed E-state index contributed by atoms with van der Waals surface area (Å²) in [6.45, 7) is 1.90. The van der Waals surface area contributed by atoms with Crippen molar-refractivity contribution < 1.29 is 14.4 Å². The highest BCUT2D eigenvalue weighted by Crippen LogP contribution is 2.37. The van der Waals surface area contributed by atoms with Crippen LogP contribution >= 0.6 is 0 Å². The zero-order chi connectivity index (χ0) is 15.5. The Bertz CT molecular complexity index is 499. The van der Waals surface area contributed by atoms with E-state index < -0.39 is 17.5 Å². The van der Waals surface area contributed by atoms with E-state index in [-0.39, 0.29) is 31.3 Å². The number of urea groups is 1. The Labute approximate surface area is 123 Å². The van der Waals surface area contributed by atoms with E-state index in [1.165, 1.54) is 0 Å². The molecule has 1 aliphatic carbocycles. The van der Waals surface area contributed by atoms with Crippen LogP contribution in [0.5, 0.6) is 0 Å². The molecule has 2 aliphatic rings. The van der Waals surface area contributed by atoms with Crippen molar-refractivity contribution in [1.29, 1.82) is 5.26 Å². The second-order valence-corrected chi connectivity index (χ2v) is 5.70. The standard InChI is InChI=1S/C14H20N4O3/c1-10-5-2-3-6-14(10)12(20)18(13(21)17-14)9-11(19)16-8-4-7-15/h10H,2-6,8-9H2,1H3,(H,16,19)(H,17,21). The molecule has 7 heteroatoms. The van der Waals surface area contributed by atoms with Gasteiger partial charge in [0.15, 0.2) is 0 Å². The maximum absolute atomic E-state index is 12.6. The molecule has 1 aliphatic heterocycles. The van der Waals surface area contributed by atoms with Gasteiger partial charge in [0.2, 0.25) is 5.91 Å². The fraction of sp³-hybridized carbons (Fsp3) is 0.714. The van der Waals surface area contributed by atoms with Crippen LogP contribution in [0.2, 0.25) is 0 Å². The van der Waals surface area contributed by atoms with Gasteiger partial charge in [0.25, 0.3) is 5.91 Å². The number of carbonyl (C=O) groups excluding carboxylic acids is 3. The molecule has 1 saturated heterocycles. The van der Waals surface area contributed by atoms with Crippen molar-refractivity contribution in [3.8, 4) is 6.07 Å².